The molecule has 0 radical (unpaired) electrons. The van der Waals surface area contributed by atoms with Gasteiger partial charge in [0.2, 0.25) is 0 Å². The molecule has 0 unspecified atom stereocenters. The minimum absolute atomic E-state index is 0.311. The van der Waals surface area contributed by atoms with Crippen molar-refractivity contribution in [2.24, 2.45) is 5.92 Å². The number of hydrogen-bond acceptors (Lipinski definition) is 1. The fourth-order valence-electron chi connectivity index (χ4n) is 5.40. The van der Waals surface area contributed by atoms with E-state index in [1.807, 2.05) is 12.1 Å². The molecule has 1 fully saturated rings. The summed E-state index contributed by atoms with van der Waals surface area (Å²) in [6.07, 6.45) is 12.1. The van der Waals surface area contributed by atoms with Crippen molar-refractivity contribution in [1.29, 1.82) is 0 Å². The number of rotatable bonds is 8. The Labute approximate surface area is 194 Å². The van der Waals surface area contributed by atoms with E-state index >= 15 is 0 Å². The van der Waals surface area contributed by atoms with E-state index in [2.05, 4.69) is 56.3 Å². The van der Waals surface area contributed by atoms with Gasteiger partial charge in [-0.3, -0.25) is 0 Å². The minimum atomic E-state index is 0.311. The van der Waals surface area contributed by atoms with Crippen molar-refractivity contribution in [2.75, 3.05) is 0 Å². The number of aryl methyl sites for hydroxylation is 1. The van der Waals surface area contributed by atoms with Crippen LogP contribution in [-0.4, -0.2) is 5.11 Å². The first kappa shape index (κ1) is 22.6. The van der Waals surface area contributed by atoms with Crippen LogP contribution in [0.2, 0.25) is 0 Å². The second-order valence-electron chi connectivity index (χ2n) is 9.61. The lowest BCUT2D eigenvalue weighted by molar-refractivity contribution is 0.303. The van der Waals surface area contributed by atoms with Gasteiger partial charge in [0.05, 0.1) is 0 Å². The number of aromatic hydroxyl groups is 1. The molecule has 0 atom stereocenters. The zero-order chi connectivity index (χ0) is 22.3. The summed E-state index contributed by atoms with van der Waals surface area (Å²) in [5, 5.41) is 9.57. The van der Waals surface area contributed by atoms with E-state index in [1.54, 1.807) is 12.1 Å². The molecule has 1 saturated carbocycles. The van der Waals surface area contributed by atoms with Gasteiger partial charge >= 0.3 is 0 Å². The molecule has 0 saturated heterocycles. The zero-order valence-corrected chi connectivity index (χ0v) is 19.8. The van der Waals surface area contributed by atoms with E-state index in [4.69, 9.17) is 0 Å². The van der Waals surface area contributed by atoms with Crippen molar-refractivity contribution >= 4 is 0 Å². The fraction of sp³-hybridized carbons (Fsp3) is 0.419. The number of phenolic OH excluding ortho intramolecular Hbond substituents is 1. The van der Waals surface area contributed by atoms with Crippen molar-refractivity contribution in [3.8, 4) is 28.0 Å². The van der Waals surface area contributed by atoms with Gasteiger partial charge in [-0.05, 0) is 89.5 Å². The van der Waals surface area contributed by atoms with Crippen molar-refractivity contribution in [3.63, 3.8) is 0 Å². The summed E-state index contributed by atoms with van der Waals surface area (Å²) in [5.74, 6) is 2.02. The summed E-state index contributed by atoms with van der Waals surface area (Å²) in [4.78, 5) is 0. The molecule has 4 rings (SSSR count). The lowest BCUT2D eigenvalue weighted by Gasteiger charge is -2.29. The van der Waals surface area contributed by atoms with Gasteiger partial charge in [0, 0.05) is 0 Å². The largest absolute Gasteiger partial charge is 0.508 e. The van der Waals surface area contributed by atoms with Crippen LogP contribution >= 0.6 is 0 Å². The molecule has 1 nitrogen and oxygen atoms in total. The highest BCUT2D eigenvalue weighted by atomic mass is 16.3. The Morgan fingerprint density at radius 3 is 2.03 bits per heavy atom. The molecule has 1 aliphatic carbocycles. The van der Waals surface area contributed by atoms with E-state index < -0.39 is 0 Å². The normalized spacial score (nSPS) is 18.6. The molecule has 1 aliphatic rings. The first-order chi connectivity index (χ1) is 15.7. The molecule has 0 amide bonds. The Morgan fingerprint density at radius 1 is 0.719 bits per heavy atom. The number of benzene rings is 3. The van der Waals surface area contributed by atoms with Crippen LogP contribution in [0.3, 0.4) is 0 Å². The van der Waals surface area contributed by atoms with Crippen molar-refractivity contribution in [2.45, 2.75) is 77.6 Å². The summed E-state index contributed by atoms with van der Waals surface area (Å²) >= 11 is 0. The van der Waals surface area contributed by atoms with Crippen molar-refractivity contribution < 1.29 is 5.11 Å². The molecule has 0 aromatic heterocycles. The third-order valence-electron chi connectivity index (χ3n) is 7.44. The summed E-state index contributed by atoms with van der Waals surface area (Å²) < 4.78 is 0. The Morgan fingerprint density at radius 2 is 1.38 bits per heavy atom. The first-order valence-corrected chi connectivity index (χ1v) is 12.7. The van der Waals surface area contributed by atoms with Crippen LogP contribution in [0, 0.1) is 5.92 Å². The second-order valence-corrected chi connectivity index (χ2v) is 9.61. The van der Waals surface area contributed by atoms with Gasteiger partial charge in [-0.25, -0.2) is 0 Å². The fourth-order valence-corrected chi connectivity index (χ4v) is 5.40. The van der Waals surface area contributed by atoms with Gasteiger partial charge in [0.25, 0.3) is 0 Å². The summed E-state index contributed by atoms with van der Waals surface area (Å²) in [5.41, 5.74) is 7.90. The Bertz CT molecular complexity index is 976. The Balaban J connectivity index is 1.44. The molecule has 1 N–H and O–H groups in total. The topological polar surface area (TPSA) is 20.2 Å². The number of hydrogen-bond donors (Lipinski definition) is 1. The second kappa shape index (κ2) is 10.9. The predicted molar refractivity (Wildman–Crippen MR) is 137 cm³/mol. The maximum Gasteiger partial charge on any atom is 0.115 e. The van der Waals surface area contributed by atoms with Crippen LogP contribution in [0.15, 0.2) is 66.7 Å². The lowest BCUT2D eigenvalue weighted by atomic mass is 9.77. The third kappa shape index (κ3) is 5.44. The minimum Gasteiger partial charge on any atom is -0.508 e. The van der Waals surface area contributed by atoms with Gasteiger partial charge in [0.15, 0.2) is 0 Å². The highest BCUT2D eigenvalue weighted by Crippen LogP contribution is 2.38. The van der Waals surface area contributed by atoms with Crippen LogP contribution in [0.1, 0.15) is 82.3 Å². The molecule has 3 aromatic carbocycles. The maximum absolute atomic E-state index is 9.57. The molecule has 0 heterocycles. The van der Waals surface area contributed by atoms with Crippen molar-refractivity contribution in [1.82, 2.24) is 0 Å². The smallest absolute Gasteiger partial charge is 0.115 e. The number of phenols is 1. The molecular weight excluding hydrogens is 388 g/mol. The Kier molecular flexibility index (Phi) is 7.68. The lowest BCUT2D eigenvalue weighted by Crippen LogP contribution is -2.13. The highest BCUT2D eigenvalue weighted by Gasteiger charge is 2.22. The SMILES string of the molecule is CCCCCC1CCC(c2ccc(-c3ccc(-c4ccc(O)cc4)cc3CC)cc2)CC1. The van der Waals surface area contributed by atoms with Crippen molar-refractivity contribution in [3.05, 3.63) is 77.9 Å². The van der Waals surface area contributed by atoms with E-state index in [9.17, 15) is 5.11 Å². The monoisotopic (exact) mass is 426 g/mol. The molecule has 32 heavy (non-hydrogen) atoms. The van der Waals surface area contributed by atoms with Gasteiger partial charge in [-0.2, -0.15) is 0 Å². The Hall–Kier alpha value is -2.54. The van der Waals surface area contributed by atoms with Crippen LogP contribution in [-0.2, 0) is 6.42 Å². The third-order valence-corrected chi connectivity index (χ3v) is 7.44. The predicted octanol–water partition coefficient (Wildman–Crippen LogP) is 9.14. The maximum atomic E-state index is 9.57. The standard InChI is InChI=1S/C31H38O/c1-3-5-6-7-23-8-10-25(11-9-23)26-12-14-28(15-13-26)31-21-18-29(22-24(31)4-2)27-16-19-30(32)20-17-27/h12-23,25,32H,3-11H2,1-2H3. The average molecular weight is 427 g/mol. The molecule has 0 bridgehead atoms. The van der Waals surface area contributed by atoms with Gasteiger partial charge in [-0.1, -0.05) is 94.1 Å². The quantitative estimate of drug-likeness (QED) is 0.356. The van der Waals surface area contributed by atoms with E-state index in [1.165, 1.54) is 79.2 Å². The van der Waals surface area contributed by atoms with Gasteiger partial charge in [0.1, 0.15) is 5.75 Å². The molecule has 3 aromatic rings. The molecule has 0 spiro atoms. The van der Waals surface area contributed by atoms with Crippen LogP contribution in [0.4, 0.5) is 0 Å². The van der Waals surface area contributed by atoms with E-state index in [0.29, 0.717) is 5.75 Å². The average Bonchev–Trinajstić information content (AvgIpc) is 2.85. The summed E-state index contributed by atoms with van der Waals surface area (Å²) in [6, 6.07) is 23.7. The molecule has 0 aliphatic heterocycles. The van der Waals surface area contributed by atoms with Crippen LogP contribution < -0.4 is 0 Å². The molecular formula is C31H38O. The van der Waals surface area contributed by atoms with E-state index in [0.717, 1.165) is 23.8 Å². The number of unbranched alkanes of at least 4 members (excludes halogenated alkanes) is 2. The van der Waals surface area contributed by atoms with Crippen LogP contribution in [0.5, 0.6) is 5.75 Å². The summed E-state index contributed by atoms with van der Waals surface area (Å²) in [7, 11) is 0. The first-order valence-electron chi connectivity index (χ1n) is 12.7. The van der Waals surface area contributed by atoms with Gasteiger partial charge < -0.3 is 5.11 Å². The summed E-state index contributed by atoms with van der Waals surface area (Å²) in [6.45, 7) is 4.53. The zero-order valence-electron chi connectivity index (χ0n) is 19.8. The molecule has 1 heteroatoms. The molecule has 168 valence electrons. The highest BCUT2D eigenvalue weighted by molar-refractivity contribution is 5.74. The van der Waals surface area contributed by atoms with E-state index in [-0.39, 0.29) is 0 Å². The van der Waals surface area contributed by atoms with Gasteiger partial charge in [-0.15, -0.1) is 0 Å². The van der Waals surface area contributed by atoms with Crippen LogP contribution in [0.25, 0.3) is 22.3 Å².